The van der Waals surface area contributed by atoms with Crippen molar-refractivity contribution in [3.63, 3.8) is 0 Å². The fourth-order valence-corrected chi connectivity index (χ4v) is 3.99. The molecule has 0 radical (unpaired) electrons. The van der Waals surface area contributed by atoms with E-state index in [4.69, 9.17) is 0 Å². The van der Waals surface area contributed by atoms with E-state index in [9.17, 15) is 17.5 Å². The SMILES string of the molecule is CCCCN(CCCC)c1ccc(N=Nc2nc(CCC)ns2)c(N=S(=O)(OF)C(F)F)c1. The van der Waals surface area contributed by atoms with Crippen LogP contribution >= 0.6 is 11.5 Å². The number of azo groups is 1. The van der Waals surface area contributed by atoms with Crippen molar-refractivity contribution in [1.82, 2.24) is 9.36 Å². The van der Waals surface area contributed by atoms with E-state index in [2.05, 4.69) is 47.1 Å². The van der Waals surface area contributed by atoms with E-state index in [1.165, 1.54) is 12.1 Å². The molecular weight excluding hydrogens is 477 g/mol. The van der Waals surface area contributed by atoms with Gasteiger partial charge in [0, 0.05) is 36.7 Å². The average molecular weight is 507 g/mol. The highest BCUT2D eigenvalue weighted by Gasteiger charge is 2.26. The van der Waals surface area contributed by atoms with E-state index < -0.39 is 15.8 Å². The van der Waals surface area contributed by atoms with Gasteiger partial charge in [-0.05, 0) is 42.0 Å². The van der Waals surface area contributed by atoms with Gasteiger partial charge >= 0.3 is 5.76 Å². The summed E-state index contributed by atoms with van der Waals surface area (Å²) in [6.07, 6.45) is 5.37. The van der Waals surface area contributed by atoms with Crippen LogP contribution < -0.4 is 4.90 Å². The fourth-order valence-electron chi connectivity index (χ4n) is 2.86. The summed E-state index contributed by atoms with van der Waals surface area (Å²) in [5.41, 5.74) is 0.489. The number of hydrogen-bond donors (Lipinski definition) is 0. The number of nitrogens with zero attached hydrogens (tertiary/aromatic N) is 6. The molecule has 0 saturated heterocycles. The molecule has 33 heavy (non-hydrogen) atoms. The highest BCUT2D eigenvalue weighted by Crippen LogP contribution is 2.36. The van der Waals surface area contributed by atoms with Crippen molar-refractivity contribution in [3.8, 4) is 0 Å². The number of halogens is 3. The Kier molecular flexibility index (Phi) is 11.1. The average Bonchev–Trinajstić information content (AvgIpc) is 3.25. The molecule has 1 unspecified atom stereocenters. The van der Waals surface area contributed by atoms with Gasteiger partial charge in [0.25, 0.3) is 10.0 Å². The van der Waals surface area contributed by atoms with Crippen LogP contribution in [0.3, 0.4) is 0 Å². The first-order valence-corrected chi connectivity index (χ1v) is 13.1. The first-order chi connectivity index (χ1) is 15.9. The number of anilines is 1. The summed E-state index contributed by atoms with van der Waals surface area (Å²) >= 11 is 1.04. The lowest BCUT2D eigenvalue weighted by Crippen LogP contribution is -2.25. The predicted octanol–water partition coefficient (Wildman–Crippen LogP) is 7.45. The molecular formula is C20H29F3N6O2S2. The molecule has 8 nitrogen and oxygen atoms in total. The monoisotopic (exact) mass is 506 g/mol. The molecule has 184 valence electrons. The predicted molar refractivity (Wildman–Crippen MR) is 125 cm³/mol. The number of rotatable bonds is 14. The zero-order valence-corrected chi connectivity index (χ0v) is 20.5. The second kappa shape index (κ2) is 13.6. The summed E-state index contributed by atoms with van der Waals surface area (Å²) in [7, 11) is -4.90. The fraction of sp³-hybridized carbons (Fsp3) is 0.600. The Hall–Kier alpha value is -2.12. The van der Waals surface area contributed by atoms with E-state index in [0.717, 1.165) is 56.7 Å². The third kappa shape index (κ3) is 8.00. The summed E-state index contributed by atoms with van der Waals surface area (Å²) in [5.74, 6) is -3.02. The van der Waals surface area contributed by atoms with Gasteiger partial charge in [0.15, 0.2) is 0 Å². The summed E-state index contributed by atoms with van der Waals surface area (Å²) in [4.78, 5) is 6.30. The molecule has 2 aromatic rings. The van der Waals surface area contributed by atoms with Crippen molar-refractivity contribution >= 4 is 43.7 Å². The number of unbranched alkanes of at least 4 members (excludes halogenated alkanes) is 2. The summed E-state index contributed by atoms with van der Waals surface area (Å²) in [6, 6.07) is 4.71. The van der Waals surface area contributed by atoms with Crippen LogP contribution in [-0.4, -0.2) is 32.4 Å². The highest BCUT2D eigenvalue weighted by molar-refractivity contribution is 7.89. The smallest absolute Gasteiger partial charge is 0.345 e. The number of benzene rings is 1. The molecule has 0 aliphatic heterocycles. The molecule has 1 atom stereocenters. The van der Waals surface area contributed by atoms with Crippen molar-refractivity contribution in [3.05, 3.63) is 24.0 Å². The van der Waals surface area contributed by atoms with Crippen molar-refractivity contribution in [1.29, 1.82) is 0 Å². The van der Waals surface area contributed by atoms with Gasteiger partial charge in [-0.2, -0.15) is 17.5 Å². The zero-order chi connectivity index (χ0) is 24.3. The van der Waals surface area contributed by atoms with Gasteiger partial charge in [0.2, 0.25) is 5.13 Å². The molecule has 1 heterocycles. The van der Waals surface area contributed by atoms with E-state index in [1.807, 2.05) is 6.92 Å². The maximum absolute atomic E-state index is 13.2. The molecule has 0 aliphatic carbocycles. The van der Waals surface area contributed by atoms with Gasteiger partial charge < -0.3 is 4.90 Å². The number of aryl methyl sites for hydroxylation is 1. The first kappa shape index (κ1) is 27.1. The molecule has 0 N–H and O–H groups in total. The minimum Gasteiger partial charge on any atom is -0.371 e. The number of aromatic nitrogens is 2. The Morgan fingerprint density at radius 2 is 1.79 bits per heavy atom. The van der Waals surface area contributed by atoms with Gasteiger partial charge in [-0.15, -0.1) is 10.2 Å². The van der Waals surface area contributed by atoms with E-state index in [-0.39, 0.29) is 16.5 Å². The van der Waals surface area contributed by atoms with Gasteiger partial charge in [-0.25, -0.2) is 9.19 Å². The lowest BCUT2D eigenvalue weighted by molar-refractivity contribution is -0.000950. The van der Waals surface area contributed by atoms with Crippen molar-refractivity contribution in [2.45, 2.75) is 65.1 Å². The van der Waals surface area contributed by atoms with Crippen LogP contribution in [0.25, 0.3) is 0 Å². The largest absolute Gasteiger partial charge is 0.371 e. The number of alkyl halides is 2. The van der Waals surface area contributed by atoms with Crippen molar-refractivity contribution in [2.75, 3.05) is 18.0 Å². The summed E-state index contributed by atoms with van der Waals surface area (Å²) in [6.45, 7) is 7.61. The van der Waals surface area contributed by atoms with Gasteiger partial charge in [0.05, 0.1) is 0 Å². The van der Waals surface area contributed by atoms with E-state index in [1.54, 1.807) is 6.07 Å². The Morgan fingerprint density at radius 3 is 2.36 bits per heavy atom. The standard InChI is InChI=1S/C20H29F3N6O2S2/c1-4-7-12-29(13-8-5-2)15-10-11-16(17(14-15)28-33(30,31-23)19(21)22)25-26-20-24-18(9-6-3)27-32-20/h10-11,14,19H,4-9,12-13H2,1-3H3. The Morgan fingerprint density at radius 1 is 1.09 bits per heavy atom. The molecule has 0 aliphatic rings. The van der Waals surface area contributed by atoms with Crippen LogP contribution in [0.15, 0.2) is 32.8 Å². The molecule has 0 spiro atoms. The Labute approximate surface area is 196 Å². The molecule has 13 heteroatoms. The lowest BCUT2D eigenvalue weighted by Gasteiger charge is -2.25. The van der Waals surface area contributed by atoms with Crippen LogP contribution in [-0.2, 0) is 20.8 Å². The van der Waals surface area contributed by atoms with Crippen molar-refractivity contribution in [2.24, 2.45) is 14.6 Å². The van der Waals surface area contributed by atoms with Crippen LogP contribution in [0.4, 0.5) is 35.5 Å². The van der Waals surface area contributed by atoms with Crippen LogP contribution in [0.5, 0.6) is 0 Å². The van der Waals surface area contributed by atoms with Crippen molar-refractivity contribution < 1.29 is 21.9 Å². The minimum absolute atomic E-state index is 0.0300. The third-order valence-corrected chi connectivity index (χ3v) is 6.32. The second-order valence-electron chi connectivity index (χ2n) is 7.24. The molecule has 0 bridgehead atoms. The van der Waals surface area contributed by atoms with Crippen LogP contribution in [0.2, 0.25) is 0 Å². The van der Waals surface area contributed by atoms with Gasteiger partial charge in [0.1, 0.15) is 17.2 Å². The molecule has 0 amide bonds. The Bertz CT molecular complexity index is 1020. The third-order valence-electron chi connectivity index (χ3n) is 4.60. The first-order valence-electron chi connectivity index (χ1n) is 10.8. The quantitative estimate of drug-likeness (QED) is 0.248. The topological polar surface area (TPSA) is 92.4 Å². The van der Waals surface area contributed by atoms with Gasteiger partial charge in [-0.3, -0.25) is 0 Å². The van der Waals surface area contributed by atoms with E-state index in [0.29, 0.717) is 17.9 Å². The molecule has 1 aromatic carbocycles. The lowest BCUT2D eigenvalue weighted by atomic mass is 10.2. The molecule has 1 aromatic heterocycles. The van der Waals surface area contributed by atoms with Crippen LogP contribution in [0.1, 0.15) is 58.7 Å². The Balaban J connectivity index is 2.50. The normalized spacial score (nSPS) is 13.5. The van der Waals surface area contributed by atoms with E-state index >= 15 is 0 Å². The maximum atomic E-state index is 13.2. The second-order valence-corrected chi connectivity index (χ2v) is 9.67. The van der Waals surface area contributed by atoms with Crippen LogP contribution in [0, 0.1) is 0 Å². The van der Waals surface area contributed by atoms with Gasteiger partial charge in [-0.1, -0.05) is 38.0 Å². The zero-order valence-electron chi connectivity index (χ0n) is 18.9. The highest BCUT2D eigenvalue weighted by atomic mass is 32.2. The minimum atomic E-state index is -4.90. The summed E-state index contributed by atoms with van der Waals surface area (Å²) < 4.78 is 62.0. The summed E-state index contributed by atoms with van der Waals surface area (Å²) in [5, 5.41) is 8.30. The molecule has 0 fully saturated rings. The maximum Gasteiger partial charge on any atom is 0.345 e. The molecule has 2 rings (SSSR count). The number of hydrogen-bond acceptors (Lipinski definition) is 9. The molecule has 0 saturated carbocycles.